The normalized spacial score (nSPS) is 20.0. The molecule has 4 rings (SSSR count). The van der Waals surface area contributed by atoms with Crippen LogP contribution >= 0.6 is 11.8 Å². The average molecular weight is 514 g/mol. The number of hydrazine groups is 1. The fourth-order valence-electron chi connectivity index (χ4n) is 3.72. The lowest BCUT2D eigenvalue weighted by Crippen LogP contribution is -2.44. The molecule has 1 fully saturated rings. The highest BCUT2D eigenvalue weighted by Crippen LogP contribution is 2.41. The van der Waals surface area contributed by atoms with Gasteiger partial charge in [-0.15, -0.1) is 11.8 Å². The van der Waals surface area contributed by atoms with E-state index in [0.717, 1.165) is 29.6 Å². The fraction of sp³-hybridized carbons (Fsp3) is 0.292. The number of nitrogens with one attached hydrogen (secondary N) is 2. The average Bonchev–Trinajstić information content (AvgIpc) is 2.81. The van der Waals surface area contributed by atoms with Gasteiger partial charge in [-0.1, -0.05) is 0 Å². The topological polar surface area (TPSA) is 44.4 Å². The van der Waals surface area contributed by atoms with E-state index in [1.807, 2.05) is 0 Å². The molecule has 0 spiro atoms. The molecular formula is C24H21F6N3OS. The van der Waals surface area contributed by atoms with Crippen LogP contribution < -0.4 is 15.8 Å². The predicted octanol–water partition coefficient (Wildman–Crippen LogP) is 5.89. The van der Waals surface area contributed by atoms with Crippen LogP contribution in [0.5, 0.6) is 0 Å². The minimum atomic E-state index is -4.49. The Hall–Kier alpha value is -3.08. The van der Waals surface area contributed by atoms with Gasteiger partial charge in [0.2, 0.25) is 5.91 Å². The van der Waals surface area contributed by atoms with Crippen molar-refractivity contribution in [2.75, 3.05) is 11.6 Å². The summed E-state index contributed by atoms with van der Waals surface area (Å²) in [5.74, 6) is -0.928. The van der Waals surface area contributed by atoms with Crippen molar-refractivity contribution in [2.24, 2.45) is 5.92 Å². The van der Waals surface area contributed by atoms with Gasteiger partial charge in [-0.05, 0) is 66.9 Å². The molecule has 1 heterocycles. The van der Waals surface area contributed by atoms with Crippen LogP contribution in [-0.2, 0) is 11.0 Å². The van der Waals surface area contributed by atoms with Crippen LogP contribution in [0.3, 0.4) is 0 Å². The first kappa shape index (κ1) is 25.0. The monoisotopic (exact) mass is 513 g/mol. The van der Waals surface area contributed by atoms with Gasteiger partial charge >= 0.3 is 6.18 Å². The molecule has 2 N–H and O–H groups in total. The lowest BCUT2D eigenvalue weighted by atomic mass is 9.84. The van der Waals surface area contributed by atoms with E-state index >= 15 is 0 Å². The Morgan fingerprint density at radius 3 is 2.34 bits per heavy atom. The number of rotatable bonds is 7. The maximum atomic E-state index is 13.5. The zero-order valence-corrected chi connectivity index (χ0v) is 19.0. The van der Waals surface area contributed by atoms with Crippen molar-refractivity contribution in [1.29, 1.82) is 0 Å². The van der Waals surface area contributed by atoms with Crippen LogP contribution in [0.25, 0.3) is 0 Å². The number of halogens is 6. The van der Waals surface area contributed by atoms with Crippen LogP contribution in [0.1, 0.15) is 18.4 Å². The molecule has 0 aromatic heterocycles. The highest BCUT2D eigenvalue weighted by molar-refractivity contribution is 8.00. The zero-order valence-electron chi connectivity index (χ0n) is 18.2. The van der Waals surface area contributed by atoms with Crippen LogP contribution in [0, 0.1) is 11.7 Å². The Labute approximate surface area is 202 Å². The largest absolute Gasteiger partial charge is 0.416 e. The molecule has 11 heteroatoms. The second kappa shape index (κ2) is 10.3. The molecule has 1 aliphatic carbocycles. The summed E-state index contributed by atoms with van der Waals surface area (Å²) in [7, 11) is 0. The Kier molecular flexibility index (Phi) is 7.34. The summed E-state index contributed by atoms with van der Waals surface area (Å²) in [5.41, 5.74) is 1.91. The van der Waals surface area contributed by atoms with Gasteiger partial charge in [0, 0.05) is 34.7 Å². The molecule has 2 aromatic rings. The lowest BCUT2D eigenvalue weighted by molar-refractivity contribution is -0.137. The van der Waals surface area contributed by atoms with E-state index in [9.17, 15) is 31.1 Å². The molecule has 2 aliphatic rings. The minimum absolute atomic E-state index is 0.00350. The van der Waals surface area contributed by atoms with Crippen LogP contribution in [-0.4, -0.2) is 24.1 Å². The van der Waals surface area contributed by atoms with Crippen molar-refractivity contribution >= 4 is 23.4 Å². The molecule has 1 aliphatic heterocycles. The highest BCUT2D eigenvalue weighted by atomic mass is 32.2. The number of thioether (sulfide) groups is 1. The molecule has 1 saturated carbocycles. The van der Waals surface area contributed by atoms with E-state index in [1.54, 1.807) is 12.1 Å². The van der Waals surface area contributed by atoms with Gasteiger partial charge in [0.15, 0.2) is 0 Å². The quantitative estimate of drug-likeness (QED) is 0.454. The standard InChI is InChI=1S/C24H21F6N3OS/c25-16-3-7-18(8-4-16)35-21-10-9-19(21)23(34)31-11-14-13-33(32-12-20(14)22(26)27)17-5-1-15(2-6-17)24(28,29)30/h1-8,12-13,19,21-22,32H,9-11H2,(H,31,34). The Morgan fingerprint density at radius 2 is 1.77 bits per heavy atom. The van der Waals surface area contributed by atoms with Crippen LogP contribution in [0.2, 0.25) is 0 Å². The molecule has 2 aromatic carbocycles. The molecular weight excluding hydrogens is 492 g/mol. The second-order valence-corrected chi connectivity index (χ2v) is 9.42. The Morgan fingerprint density at radius 1 is 1.09 bits per heavy atom. The van der Waals surface area contributed by atoms with Crippen molar-refractivity contribution in [3.63, 3.8) is 0 Å². The molecule has 186 valence electrons. The number of hydrogen-bond donors (Lipinski definition) is 2. The first-order valence-electron chi connectivity index (χ1n) is 10.7. The van der Waals surface area contributed by atoms with Crippen molar-refractivity contribution < 1.29 is 31.1 Å². The highest BCUT2D eigenvalue weighted by Gasteiger charge is 2.37. The zero-order chi connectivity index (χ0) is 25.2. The summed E-state index contributed by atoms with van der Waals surface area (Å²) in [5, 5.41) is 4.01. The van der Waals surface area contributed by atoms with Gasteiger partial charge < -0.3 is 10.7 Å². The molecule has 1 amide bonds. The molecule has 35 heavy (non-hydrogen) atoms. The summed E-state index contributed by atoms with van der Waals surface area (Å²) < 4.78 is 78.6. The van der Waals surface area contributed by atoms with Crippen molar-refractivity contribution in [2.45, 2.75) is 35.6 Å². The van der Waals surface area contributed by atoms with Gasteiger partial charge in [-0.25, -0.2) is 13.2 Å². The third-order valence-corrected chi connectivity index (χ3v) is 7.24. The van der Waals surface area contributed by atoms with E-state index in [2.05, 4.69) is 10.7 Å². The number of amides is 1. The molecule has 2 atom stereocenters. The van der Waals surface area contributed by atoms with E-state index in [1.165, 1.54) is 47.2 Å². The number of hydrogen-bond acceptors (Lipinski definition) is 4. The van der Waals surface area contributed by atoms with Gasteiger partial charge in [-0.2, -0.15) is 13.2 Å². The predicted molar refractivity (Wildman–Crippen MR) is 121 cm³/mol. The van der Waals surface area contributed by atoms with Crippen molar-refractivity contribution in [3.05, 3.63) is 83.5 Å². The number of carbonyl (C=O) groups is 1. The number of benzene rings is 2. The minimum Gasteiger partial charge on any atom is -0.352 e. The molecule has 0 bridgehead atoms. The van der Waals surface area contributed by atoms with Crippen LogP contribution in [0.4, 0.5) is 32.0 Å². The van der Waals surface area contributed by atoms with E-state index in [4.69, 9.17) is 0 Å². The van der Waals surface area contributed by atoms with Crippen molar-refractivity contribution in [3.8, 4) is 0 Å². The summed E-state index contributed by atoms with van der Waals surface area (Å²) in [4.78, 5) is 13.6. The number of carbonyl (C=O) groups excluding carboxylic acids is 1. The first-order valence-corrected chi connectivity index (χ1v) is 11.6. The lowest BCUT2D eigenvalue weighted by Gasteiger charge is -2.35. The molecule has 2 unspecified atom stereocenters. The third-order valence-electron chi connectivity index (χ3n) is 5.82. The fourth-order valence-corrected chi connectivity index (χ4v) is 5.04. The third kappa shape index (κ3) is 5.95. The van der Waals surface area contributed by atoms with Gasteiger partial charge in [0.1, 0.15) is 5.82 Å². The number of alkyl halides is 5. The maximum Gasteiger partial charge on any atom is 0.416 e. The van der Waals surface area contributed by atoms with Crippen molar-refractivity contribution in [1.82, 2.24) is 10.7 Å². The Bertz CT molecular complexity index is 1120. The summed E-state index contributed by atoms with van der Waals surface area (Å²) in [6.07, 6.45) is -3.45. The van der Waals surface area contributed by atoms with Gasteiger partial charge in [0.05, 0.1) is 17.2 Å². The van der Waals surface area contributed by atoms with E-state index in [0.29, 0.717) is 12.1 Å². The number of nitrogens with zero attached hydrogens (tertiary/aromatic N) is 1. The molecule has 0 radical (unpaired) electrons. The SMILES string of the molecule is O=C(NCC1=CN(c2ccc(C(F)(F)F)cc2)NC=C1C(F)F)C1CCC1Sc1ccc(F)cc1. The Balaban J connectivity index is 1.41. The summed E-state index contributed by atoms with van der Waals surface area (Å²) >= 11 is 1.47. The van der Waals surface area contributed by atoms with E-state index in [-0.39, 0.29) is 40.6 Å². The second-order valence-electron chi connectivity index (χ2n) is 8.11. The van der Waals surface area contributed by atoms with E-state index < -0.39 is 18.2 Å². The smallest absolute Gasteiger partial charge is 0.352 e. The van der Waals surface area contributed by atoms with Gasteiger partial charge in [0.25, 0.3) is 6.43 Å². The first-order chi connectivity index (χ1) is 16.6. The maximum absolute atomic E-state index is 13.5. The van der Waals surface area contributed by atoms with Crippen LogP contribution in [0.15, 0.2) is 77.0 Å². The summed E-state index contributed by atoms with van der Waals surface area (Å²) in [6, 6.07) is 10.2. The molecule has 0 saturated heterocycles. The summed E-state index contributed by atoms with van der Waals surface area (Å²) in [6.45, 7) is -0.168. The number of anilines is 1. The van der Waals surface area contributed by atoms with Gasteiger partial charge in [-0.3, -0.25) is 9.80 Å². The molecule has 4 nitrogen and oxygen atoms in total.